The number of nitrogens with two attached hydrogens (primary N) is 1. The molecule has 0 bridgehead atoms. The van der Waals surface area contributed by atoms with E-state index in [4.69, 9.17) is 15.6 Å². The van der Waals surface area contributed by atoms with Gasteiger partial charge in [-0.15, -0.1) is 16.4 Å². The largest absolute Gasteiger partial charge is 0.490 e. The minimum Gasteiger partial charge on any atom is -0.475 e. The lowest BCUT2D eigenvalue weighted by molar-refractivity contribution is -0.192. The minimum atomic E-state index is -5.08. The smallest absolute Gasteiger partial charge is 0.475 e. The van der Waals surface area contributed by atoms with Crippen LogP contribution in [0, 0.1) is 17.5 Å². The fourth-order valence-corrected chi connectivity index (χ4v) is 4.12. The SMILES string of the molecule is N[C@@H](CC(=O)N1CCn2nnc(-c3cccs3)c2C1)Cc1cc(F)c(F)cc1F.O=C(O)C(F)(F)F. The maximum Gasteiger partial charge on any atom is 0.490 e. The van der Waals surface area contributed by atoms with Crippen LogP contribution < -0.4 is 5.73 Å². The first-order valence-electron chi connectivity index (χ1n) is 10.3. The Hall–Kier alpha value is -3.46. The molecule has 4 rings (SSSR count). The van der Waals surface area contributed by atoms with Crippen molar-refractivity contribution in [3.8, 4) is 10.6 Å². The number of halogens is 6. The van der Waals surface area contributed by atoms with Gasteiger partial charge in [-0.3, -0.25) is 4.79 Å². The number of benzene rings is 1. The van der Waals surface area contributed by atoms with Gasteiger partial charge in [0, 0.05) is 25.1 Å². The van der Waals surface area contributed by atoms with Crippen LogP contribution in [-0.4, -0.2) is 55.6 Å². The monoisotopic (exact) mass is 535 g/mol. The molecule has 3 N–H and O–H groups in total. The van der Waals surface area contributed by atoms with Crippen molar-refractivity contribution in [3.63, 3.8) is 0 Å². The number of carboxylic acid groups (broad SMARTS) is 1. The van der Waals surface area contributed by atoms with E-state index in [2.05, 4.69) is 10.3 Å². The number of hydrogen-bond acceptors (Lipinski definition) is 6. The zero-order valence-electron chi connectivity index (χ0n) is 18.3. The molecule has 194 valence electrons. The van der Waals surface area contributed by atoms with Gasteiger partial charge in [-0.2, -0.15) is 13.2 Å². The predicted molar refractivity (Wildman–Crippen MR) is 115 cm³/mol. The van der Waals surface area contributed by atoms with Crippen LogP contribution in [0.4, 0.5) is 26.3 Å². The molecule has 1 atom stereocenters. The standard InChI is InChI=1S/C19H18F3N5OS.C2HF3O2/c20-13-9-15(22)14(21)7-11(13)6-12(23)8-18(28)26-3-4-27-16(10-26)19(24-25-27)17-2-1-5-29-17;3-2(4,5)1(6)7/h1-2,5,7,9,12H,3-4,6,8,10,23H2;(H,6,7)/t12-;/m1./s1. The van der Waals surface area contributed by atoms with E-state index in [1.807, 2.05) is 17.5 Å². The topological polar surface area (TPSA) is 114 Å². The molecular formula is C21H19F6N5O3S. The van der Waals surface area contributed by atoms with Crippen LogP contribution in [0.5, 0.6) is 0 Å². The predicted octanol–water partition coefficient (Wildman–Crippen LogP) is 3.36. The van der Waals surface area contributed by atoms with Crippen LogP contribution in [0.1, 0.15) is 17.7 Å². The van der Waals surface area contributed by atoms with Crippen molar-refractivity contribution < 1.29 is 41.0 Å². The molecule has 0 radical (unpaired) electrons. The van der Waals surface area contributed by atoms with Crippen LogP contribution in [0.25, 0.3) is 10.6 Å². The second kappa shape index (κ2) is 11.1. The lowest BCUT2D eigenvalue weighted by atomic mass is 10.0. The van der Waals surface area contributed by atoms with Gasteiger partial charge in [-0.05, 0) is 29.5 Å². The summed E-state index contributed by atoms with van der Waals surface area (Å²) in [6.07, 6.45) is -5.18. The number of rotatable bonds is 5. The second-order valence-corrected chi connectivity index (χ2v) is 8.68. The molecule has 0 fully saturated rings. The van der Waals surface area contributed by atoms with Crippen molar-refractivity contribution in [1.29, 1.82) is 0 Å². The summed E-state index contributed by atoms with van der Waals surface area (Å²) in [7, 11) is 0. The van der Waals surface area contributed by atoms with E-state index in [9.17, 15) is 31.1 Å². The maximum atomic E-state index is 13.8. The first-order valence-corrected chi connectivity index (χ1v) is 11.2. The van der Waals surface area contributed by atoms with Gasteiger partial charge in [0.1, 0.15) is 11.5 Å². The number of aromatic nitrogens is 3. The number of aliphatic carboxylic acids is 1. The number of carbonyl (C=O) groups is 2. The van der Waals surface area contributed by atoms with Crippen molar-refractivity contribution >= 4 is 23.2 Å². The lowest BCUT2D eigenvalue weighted by Gasteiger charge is -2.28. The summed E-state index contributed by atoms with van der Waals surface area (Å²) in [4.78, 5) is 24.2. The number of thiophene rings is 1. The maximum absolute atomic E-state index is 13.8. The molecule has 15 heteroatoms. The number of hydrogen-bond donors (Lipinski definition) is 2. The second-order valence-electron chi connectivity index (χ2n) is 7.73. The Morgan fingerprint density at radius 1 is 1.14 bits per heavy atom. The molecule has 0 unspecified atom stereocenters. The first-order chi connectivity index (χ1) is 16.9. The van der Waals surface area contributed by atoms with Gasteiger partial charge in [-0.1, -0.05) is 11.3 Å². The number of amides is 1. The van der Waals surface area contributed by atoms with E-state index in [1.165, 1.54) is 0 Å². The molecule has 0 saturated carbocycles. The van der Waals surface area contributed by atoms with E-state index in [1.54, 1.807) is 20.9 Å². The summed E-state index contributed by atoms with van der Waals surface area (Å²) in [5.41, 5.74) is 7.55. The summed E-state index contributed by atoms with van der Waals surface area (Å²) >= 11 is 1.55. The third kappa shape index (κ3) is 6.60. The Morgan fingerprint density at radius 3 is 2.42 bits per heavy atom. The lowest BCUT2D eigenvalue weighted by Crippen LogP contribution is -2.41. The molecule has 1 amide bonds. The molecular weight excluding hydrogens is 516 g/mol. The minimum absolute atomic E-state index is 0.0334. The number of fused-ring (bicyclic) bond motifs is 1. The average Bonchev–Trinajstić information content (AvgIpc) is 3.46. The van der Waals surface area contributed by atoms with Crippen molar-refractivity contribution in [2.45, 2.75) is 38.1 Å². The number of nitrogens with zero attached hydrogens (tertiary/aromatic N) is 4. The van der Waals surface area contributed by atoms with Crippen LogP contribution in [0.15, 0.2) is 29.6 Å². The molecule has 2 aromatic heterocycles. The zero-order valence-corrected chi connectivity index (χ0v) is 19.1. The molecule has 0 spiro atoms. The molecule has 1 aromatic carbocycles. The third-order valence-electron chi connectivity index (χ3n) is 5.12. The van der Waals surface area contributed by atoms with Gasteiger partial charge in [0.25, 0.3) is 0 Å². The zero-order chi connectivity index (χ0) is 26.6. The molecule has 8 nitrogen and oxygen atoms in total. The fourth-order valence-electron chi connectivity index (χ4n) is 3.39. The fraction of sp³-hybridized carbons (Fsp3) is 0.333. The van der Waals surface area contributed by atoms with Crippen LogP contribution >= 0.6 is 11.3 Å². The Bertz CT molecular complexity index is 1230. The van der Waals surface area contributed by atoms with Crippen molar-refractivity contribution in [1.82, 2.24) is 19.9 Å². The van der Waals surface area contributed by atoms with E-state index in [0.717, 1.165) is 22.3 Å². The van der Waals surface area contributed by atoms with Crippen molar-refractivity contribution in [3.05, 3.63) is 58.4 Å². The van der Waals surface area contributed by atoms with E-state index >= 15 is 0 Å². The van der Waals surface area contributed by atoms with Crippen LogP contribution in [-0.2, 0) is 29.1 Å². The van der Waals surface area contributed by atoms with E-state index < -0.39 is 35.6 Å². The number of carbonyl (C=O) groups excluding carboxylic acids is 1. The molecule has 3 aromatic rings. The molecule has 3 heterocycles. The normalized spacial score (nSPS) is 14.0. The summed E-state index contributed by atoms with van der Waals surface area (Å²) < 4.78 is 73.8. The molecule has 36 heavy (non-hydrogen) atoms. The average molecular weight is 535 g/mol. The molecule has 1 aliphatic heterocycles. The Balaban J connectivity index is 0.000000454. The Morgan fingerprint density at radius 2 is 1.81 bits per heavy atom. The molecule has 1 aliphatic rings. The Labute approximate surface area is 203 Å². The van der Waals surface area contributed by atoms with Gasteiger partial charge in [0.05, 0.1) is 23.7 Å². The van der Waals surface area contributed by atoms with Crippen LogP contribution in [0.3, 0.4) is 0 Å². The third-order valence-corrected chi connectivity index (χ3v) is 5.99. The van der Waals surface area contributed by atoms with E-state index in [0.29, 0.717) is 25.7 Å². The van der Waals surface area contributed by atoms with Crippen LogP contribution in [0.2, 0.25) is 0 Å². The van der Waals surface area contributed by atoms with Gasteiger partial charge in [-0.25, -0.2) is 22.6 Å². The Kier molecular flexibility index (Phi) is 8.35. The summed E-state index contributed by atoms with van der Waals surface area (Å²) in [5.74, 6) is -6.22. The summed E-state index contributed by atoms with van der Waals surface area (Å²) in [6, 6.07) is 4.43. The van der Waals surface area contributed by atoms with Gasteiger partial charge >= 0.3 is 12.1 Å². The first kappa shape index (κ1) is 27.1. The van der Waals surface area contributed by atoms with Gasteiger partial charge < -0.3 is 15.7 Å². The highest BCUT2D eigenvalue weighted by atomic mass is 32.1. The summed E-state index contributed by atoms with van der Waals surface area (Å²) in [6.45, 7) is 1.34. The van der Waals surface area contributed by atoms with Crippen molar-refractivity contribution in [2.75, 3.05) is 6.54 Å². The number of alkyl halides is 3. The summed E-state index contributed by atoms with van der Waals surface area (Å²) in [5, 5.41) is 17.5. The van der Waals surface area contributed by atoms with E-state index in [-0.39, 0.29) is 24.3 Å². The highest BCUT2D eigenvalue weighted by Crippen LogP contribution is 2.28. The van der Waals surface area contributed by atoms with Crippen molar-refractivity contribution in [2.24, 2.45) is 5.73 Å². The molecule has 0 aliphatic carbocycles. The quantitative estimate of drug-likeness (QED) is 0.383. The van der Waals surface area contributed by atoms with Gasteiger partial charge in [0.2, 0.25) is 5.91 Å². The van der Waals surface area contributed by atoms with Gasteiger partial charge in [0.15, 0.2) is 11.6 Å². The highest BCUT2D eigenvalue weighted by molar-refractivity contribution is 7.13. The molecule has 0 saturated heterocycles. The number of carboxylic acids is 1. The highest BCUT2D eigenvalue weighted by Gasteiger charge is 2.38.